The Morgan fingerprint density at radius 1 is 1.17 bits per heavy atom. The Morgan fingerprint density at radius 2 is 2.17 bits per heavy atom. The lowest BCUT2D eigenvalue weighted by Gasteiger charge is -1.93. The molecular formula is C8H7N3S. The maximum atomic E-state index is 4.16. The molecule has 0 fully saturated rings. The van der Waals surface area contributed by atoms with Gasteiger partial charge in [0.1, 0.15) is 10.1 Å². The molecule has 0 aliphatic heterocycles. The van der Waals surface area contributed by atoms with E-state index in [1.165, 1.54) is 0 Å². The lowest BCUT2D eigenvalue weighted by atomic mass is 10.5. The van der Waals surface area contributed by atoms with E-state index >= 15 is 0 Å². The molecule has 2 heterocycles. The van der Waals surface area contributed by atoms with Crippen molar-refractivity contribution in [1.29, 1.82) is 0 Å². The van der Waals surface area contributed by atoms with Crippen LogP contribution >= 0.6 is 11.8 Å². The zero-order chi connectivity index (χ0) is 8.23. The van der Waals surface area contributed by atoms with Gasteiger partial charge in [0.05, 0.1) is 0 Å². The molecule has 0 aliphatic rings. The summed E-state index contributed by atoms with van der Waals surface area (Å²) in [7, 11) is 0. The summed E-state index contributed by atoms with van der Waals surface area (Å²) in [6.07, 6.45) is 3.57. The Kier molecular flexibility index (Phi) is 2.09. The van der Waals surface area contributed by atoms with Crippen LogP contribution in [0.3, 0.4) is 0 Å². The first-order valence-electron chi connectivity index (χ1n) is 3.54. The first kappa shape index (κ1) is 7.36. The highest BCUT2D eigenvalue weighted by atomic mass is 32.2. The fourth-order valence-electron chi connectivity index (χ4n) is 0.818. The van der Waals surface area contributed by atoms with E-state index in [0.717, 1.165) is 10.1 Å². The quantitative estimate of drug-likeness (QED) is 0.762. The van der Waals surface area contributed by atoms with Gasteiger partial charge in [-0.1, -0.05) is 6.07 Å². The second-order valence-corrected chi connectivity index (χ2v) is 3.22. The molecule has 3 nitrogen and oxygen atoms in total. The van der Waals surface area contributed by atoms with Crippen LogP contribution < -0.4 is 0 Å². The zero-order valence-corrected chi connectivity index (χ0v) is 7.08. The molecule has 0 aromatic carbocycles. The summed E-state index contributed by atoms with van der Waals surface area (Å²) in [5, 5.41) is 8.66. The van der Waals surface area contributed by atoms with Crippen LogP contribution in [0.2, 0.25) is 0 Å². The van der Waals surface area contributed by atoms with Gasteiger partial charge in [-0.2, -0.15) is 5.10 Å². The molecule has 4 heteroatoms. The highest BCUT2D eigenvalue weighted by molar-refractivity contribution is 7.99. The number of aromatic amines is 1. The third-order valence-electron chi connectivity index (χ3n) is 1.32. The molecule has 0 spiro atoms. The van der Waals surface area contributed by atoms with Gasteiger partial charge in [0, 0.05) is 12.4 Å². The van der Waals surface area contributed by atoms with Crippen LogP contribution in [0.5, 0.6) is 0 Å². The standard InChI is InChI=1S/C8H7N3S/c1-2-5-9-7(3-1)12-8-4-6-10-11-8/h1-6H,(H,10,11). The minimum absolute atomic E-state index is 0.939. The van der Waals surface area contributed by atoms with Crippen LogP contribution in [-0.4, -0.2) is 15.2 Å². The smallest absolute Gasteiger partial charge is 0.124 e. The normalized spacial score (nSPS) is 10.0. The fraction of sp³-hybridized carbons (Fsp3) is 0. The molecule has 0 amide bonds. The van der Waals surface area contributed by atoms with Crippen molar-refractivity contribution in [3.05, 3.63) is 36.7 Å². The summed E-state index contributed by atoms with van der Waals surface area (Å²) in [6.45, 7) is 0. The van der Waals surface area contributed by atoms with E-state index in [0.29, 0.717) is 0 Å². The maximum absolute atomic E-state index is 4.16. The van der Waals surface area contributed by atoms with Crippen molar-refractivity contribution in [1.82, 2.24) is 15.2 Å². The van der Waals surface area contributed by atoms with Crippen molar-refractivity contribution in [2.24, 2.45) is 0 Å². The Bertz CT molecular complexity index is 330. The van der Waals surface area contributed by atoms with E-state index in [4.69, 9.17) is 0 Å². The molecule has 0 radical (unpaired) electrons. The van der Waals surface area contributed by atoms with E-state index in [1.54, 1.807) is 24.2 Å². The number of rotatable bonds is 2. The van der Waals surface area contributed by atoms with Crippen LogP contribution in [0, 0.1) is 0 Å². The largest absolute Gasteiger partial charge is 0.285 e. The number of nitrogens with one attached hydrogen (secondary N) is 1. The van der Waals surface area contributed by atoms with Gasteiger partial charge in [-0.25, -0.2) is 4.98 Å². The Hall–Kier alpha value is -1.29. The van der Waals surface area contributed by atoms with Crippen LogP contribution in [0.4, 0.5) is 0 Å². The number of hydrogen-bond acceptors (Lipinski definition) is 3. The SMILES string of the molecule is c1ccc(Sc2cc[nH]n2)nc1. The van der Waals surface area contributed by atoms with Crippen molar-refractivity contribution in [3.8, 4) is 0 Å². The van der Waals surface area contributed by atoms with E-state index < -0.39 is 0 Å². The molecule has 60 valence electrons. The Balaban J connectivity index is 2.15. The third-order valence-corrected chi connectivity index (χ3v) is 2.21. The van der Waals surface area contributed by atoms with Crippen LogP contribution in [0.1, 0.15) is 0 Å². The molecule has 2 aromatic rings. The minimum atomic E-state index is 0.939. The van der Waals surface area contributed by atoms with Crippen LogP contribution in [0.25, 0.3) is 0 Å². The Labute approximate surface area is 74.2 Å². The summed E-state index contributed by atoms with van der Waals surface area (Å²) in [6, 6.07) is 7.73. The summed E-state index contributed by atoms with van der Waals surface area (Å²) in [5.41, 5.74) is 0. The van der Waals surface area contributed by atoms with Gasteiger partial charge in [0.15, 0.2) is 0 Å². The van der Waals surface area contributed by atoms with Crippen molar-refractivity contribution in [3.63, 3.8) is 0 Å². The van der Waals surface area contributed by atoms with E-state index in [-0.39, 0.29) is 0 Å². The van der Waals surface area contributed by atoms with Crippen molar-refractivity contribution in [2.75, 3.05) is 0 Å². The molecular weight excluding hydrogens is 170 g/mol. The summed E-state index contributed by atoms with van der Waals surface area (Å²) >= 11 is 1.54. The molecule has 1 N–H and O–H groups in total. The van der Waals surface area contributed by atoms with Crippen LogP contribution in [0.15, 0.2) is 46.7 Å². The average molecular weight is 177 g/mol. The average Bonchev–Trinajstić information content (AvgIpc) is 2.59. The van der Waals surface area contributed by atoms with Gasteiger partial charge in [-0.3, -0.25) is 5.10 Å². The number of hydrogen-bond donors (Lipinski definition) is 1. The maximum Gasteiger partial charge on any atom is 0.124 e. The van der Waals surface area contributed by atoms with E-state index in [2.05, 4.69) is 15.2 Å². The van der Waals surface area contributed by atoms with E-state index in [9.17, 15) is 0 Å². The first-order valence-corrected chi connectivity index (χ1v) is 4.35. The van der Waals surface area contributed by atoms with Gasteiger partial charge in [-0.05, 0) is 30.0 Å². The van der Waals surface area contributed by atoms with Gasteiger partial charge in [0.2, 0.25) is 0 Å². The molecule has 2 rings (SSSR count). The summed E-state index contributed by atoms with van der Waals surface area (Å²) in [5.74, 6) is 0. The first-order chi connectivity index (χ1) is 5.95. The van der Waals surface area contributed by atoms with Crippen LogP contribution in [-0.2, 0) is 0 Å². The molecule has 0 saturated heterocycles. The van der Waals surface area contributed by atoms with Gasteiger partial charge >= 0.3 is 0 Å². The second kappa shape index (κ2) is 3.40. The summed E-state index contributed by atoms with van der Waals surface area (Å²) < 4.78 is 0. The highest BCUT2D eigenvalue weighted by Gasteiger charge is 1.97. The monoisotopic (exact) mass is 177 g/mol. The molecule has 0 saturated carbocycles. The second-order valence-electron chi connectivity index (χ2n) is 2.18. The van der Waals surface area contributed by atoms with Crippen molar-refractivity contribution >= 4 is 11.8 Å². The number of pyridine rings is 1. The van der Waals surface area contributed by atoms with E-state index in [1.807, 2.05) is 24.3 Å². The lowest BCUT2D eigenvalue weighted by molar-refractivity contribution is 0.998. The molecule has 0 atom stereocenters. The topological polar surface area (TPSA) is 41.6 Å². The zero-order valence-electron chi connectivity index (χ0n) is 6.27. The van der Waals surface area contributed by atoms with Gasteiger partial charge < -0.3 is 0 Å². The molecule has 0 bridgehead atoms. The molecule has 0 unspecified atom stereocenters. The van der Waals surface area contributed by atoms with Gasteiger partial charge in [0.25, 0.3) is 0 Å². The molecule has 12 heavy (non-hydrogen) atoms. The fourth-order valence-corrected chi connectivity index (χ4v) is 1.53. The Morgan fingerprint density at radius 3 is 2.83 bits per heavy atom. The number of H-pyrrole nitrogens is 1. The number of aromatic nitrogens is 3. The van der Waals surface area contributed by atoms with Gasteiger partial charge in [-0.15, -0.1) is 0 Å². The number of nitrogens with zero attached hydrogens (tertiary/aromatic N) is 2. The molecule has 2 aromatic heterocycles. The summed E-state index contributed by atoms with van der Waals surface area (Å²) in [4.78, 5) is 4.16. The predicted molar refractivity (Wildman–Crippen MR) is 46.9 cm³/mol. The third kappa shape index (κ3) is 1.65. The van der Waals surface area contributed by atoms with Crippen molar-refractivity contribution in [2.45, 2.75) is 10.1 Å². The van der Waals surface area contributed by atoms with Crippen molar-refractivity contribution < 1.29 is 0 Å². The highest BCUT2D eigenvalue weighted by Crippen LogP contribution is 2.22. The predicted octanol–water partition coefficient (Wildman–Crippen LogP) is 1.96. The lowest BCUT2D eigenvalue weighted by Crippen LogP contribution is -1.77. The molecule has 0 aliphatic carbocycles. The minimum Gasteiger partial charge on any atom is -0.285 e.